The fourth-order valence-electron chi connectivity index (χ4n) is 2.57. The minimum absolute atomic E-state index is 0.229. The van der Waals surface area contributed by atoms with Gasteiger partial charge in [0.15, 0.2) is 0 Å². The molecule has 0 bridgehead atoms. The van der Waals surface area contributed by atoms with Gasteiger partial charge >= 0.3 is 0 Å². The van der Waals surface area contributed by atoms with Gasteiger partial charge in [0.1, 0.15) is 17.1 Å². The molecule has 1 N–H and O–H groups in total. The molecule has 0 fully saturated rings. The number of anilines is 1. The number of carbonyl (C=O) groups is 1. The van der Waals surface area contributed by atoms with Crippen molar-refractivity contribution >= 4 is 23.3 Å². The summed E-state index contributed by atoms with van der Waals surface area (Å²) in [4.78, 5) is 16.5. The van der Waals surface area contributed by atoms with Crippen molar-refractivity contribution in [2.45, 2.75) is 6.92 Å². The SMILES string of the molecule is COc1ccc(OC)c(/C=C/C(=O)Nc2ccc3nccn3c2C)c1. The van der Waals surface area contributed by atoms with Crippen molar-refractivity contribution in [2.24, 2.45) is 0 Å². The van der Waals surface area contributed by atoms with Crippen molar-refractivity contribution < 1.29 is 14.3 Å². The maximum atomic E-state index is 12.3. The van der Waals surface area contributed by atoms with Gasteiger partial charge in [0.25, 0.3) is 0 Å². The first-order valence-electron chi connectivity index (χ1n) is 7.76. The molecule has 1 amide bonds. The van der Waals surface area contributed by atoms with Crippen LogP contribution in [-0.2, 0) is 4.79 Å². The normalized spacial score (nSPS) is 11.0. The molecule has 3 rings (SSSR count). The van der Waals surface area contributed by atoms with Gasteiger partial charge in [-0.1, -0.05) is 0 Å². The Kier molecular flexibility index (Phi) is 4.70. The van der Waals surface area contributed by atoms with E-state index in [1.807, 2.05) is 35.7 Å². The molecule has 0 aliphatic heterocycles. The summed E-state index contributed by atoms with van der Waals surface area (Å²) in [6.07, 6.45) is 6.75. The Morgan fingerprint density at radius 1 is 1.20 bits per heavy atom. The highest BCUT2D eigenvalue weighted by Crippen LogP contribution is 2.25. The summed E-state index contributed by atoms with van der Waals surface area (Å²) in [6.45, 7) is 1.93. The Bertz CT molecular complexity index is 944. The Morgan fingerprint density at radius 3 is 2.80 bits per heavy atom. The van der Waals surface area contributed by atoms with Crippen molar-refractivity contribution in [3.05, 3.63) is 60.1 Å². The molecule has 1 aromatic carbocycles. The number of hydrogen-bond donors (Lipinski definition) is 1. The third-order valence-electron chi connectivity index (χ3n) is 3.93. The lowest BCUT2D eigenvalue weighted by atomic mass is 10.1. The zero-order chi connectivity index (χ0) is 17.8. The fraction of sp³-hybridized carbons (Fsp3) is 0.158. The molecular formula is C19H19N3O3. The molecular weight excluding hydrogens is 318 g/mol. The zero-order valence-electron chi connectivity index (χ0n) is 14.3. The summed E-state index contributed by atoms with van der Waals surface area (Å²) >= 11 is 0. The molecule has 0 aliphatic rings. The van der Waals surface area contributed by atoms with E-state index in [2.05, 4.69) is 10.3 Å². The van der Waals surface area contributed by atoms with Gasteiger partial charge in [-0.25, -0.2) is 4.98 Å². The second-order valence-electron chi connectivity index (χ2n) is 5.42. The largest absolute Gasteiger partial charge is 0.497 e. The molecule has 25 heavy (non-hydrogen) atoms. The van der Waals surface area contributed by atoms with Gasteiger partial charge in [-0.15, -0.1) is 0 Å². The number of amides is 1. The van der Waals surface area contributed by atoms with Gasteiger partial charge in [-0.05, 0) is 43.3 Å². The first-order chi connectivity index (χ1) is 12.1. The molecule has 0 saturated heterocycles. The van der Waals surface area contributed by atoms with Crippen LogP contribution in [0.2, 0.25) is 0 Å². The van der Waals surface area contributed by atoms with Crippen LogP contribution in [-0.4, -0.2) is 29.5 Å². The summed E-state index contributed by atoms with van der Waals surface area (Å²) in [5.74, 6) is 1.13. The first kappa shape index (κ1) is 16.6. The first-order valence-corrected chi connectivity index (χ1v) is 7.76. The molecule has 2 aromatic heterocycles. The summed E-state index contributed by atoms with van der Waals surface area (Å²) < 4.78 is 12.4. The molecule has 6 nitrogen and oxygen atoms in total. The number of rotatable bonds is 5. The lowest BCUT2D eigenvalue weighted by molar-refractivity contribution is -0.111. The Balaban J connectivity index is 1.80. The van der Waals surface area contributed by atoms with Gasteiger partial charge in [-0.2, -0.15) is 0 Å². The molecule has 0 atom stereocenters. The molecule has 2 heterocycles. The van der Waals surface area contributed by atoms with E-state index in [-0.39, 0.29) is 5.91 Å². The number of carbonyl (C=O) groups excluding carboxylic acids is 1. The monoisotopic (exact) mass is 337 g/mol. The van der Waals surface area contributed by atoms with Crippen LogP contribution in [0.5, 0.6) is 11.5 Å². The van der Waals surface area contributed by atoms with E-state index in [0.29, 0.717) is 11.5 Å². The van der Waals surface area contributed by atoms with Gasteiger partial charge < -0.3 is 19.2 Å². The quantitative estimate of drug-likeness (QED) is 0.726. The molecule has 0 aliphatic carbocycles. The third-order valence-corrected chi connectivity index (χ3v) is 3.93. The predicted octanol–water partition coefficient (Wildman–Crippen LogP) is 3.31. The van der Waals surface area contributed by atoms with Crippen LogP contribution in [0.1, 0.15) is 11.3 Å². The van der Waals surface area contributed by atoms with Gasteiger partial charge in [0.05, 0.1) is 19.9 Å². The number of methoxy groups -OCH3 is 2. The smallest absolute Gasteiger partial charge is 0.248 e. The molecule has 0 unspecified atom stereocenters. The van der Waals surface area contributed by atoms with Crippen LogP contribution in [0.3, 0.4) is 0 Å². The van der Waals surface area contributed by atoms with E-state index >= 15 is 0 Å². The van der Waals surface area contributed by atoms with Crippen LogP contribution >= 0.6 is 0 Å². The van der Waals surface area contributed by atoms with E-state index in [4.69, 9.17) is 9.47 Å². The highest BCUT2D eigenvalue weighted by atomic mass is 16.5. The Hall–Kier alpha value is -3.28. The summed E-state index contributed by atoms with van der Waals surface area (Å²) in [5.41, 5.74) is 3.25. The maximum Gasteiger partial charge on any atom is 0.248 e. The highest BCUT2D eigenvalue weighted by Gasteiger charge is 2.07. The average Bonchev–Trinajstić information content (AvgIpc) is 3.11. The van der Waals surface area contributed by atoms with Gasteiger partial charge in [0, 0.05) is 29.7 Å². The fourth-order valence-corrected chi connectivity index (χ4v) is 2.57. The highest BCUT2D eigenvalue weighted by molar-refractivity contribution is 6.02. The number of aryl methyl sites for hydroxylation is 1. The van der Waals surface area contributed by atoms with Crippen molar-refractivity contribution in [1.29, 1.82) is 0 Å². The predicted molar refractivity (Wildman–Crippen MR) is 97.1 cm³/mol. The van der Waals surface area contributed by atoms with Crippen LogP contribution in [0.4, 0.5) is 5.69 Å². The molecule has 128 valence electrons. The van der Waals surface area contributed by atoms with Gasteiger partial charge in [0.2, 0.25) is 5.91 Å². The lowest BCUT2D eigenvalue weighted by Crippen LogP contribution is -2.10. The van der Waals surface area contributed by atoms with Crippen molar-refractivity contribution in [3.63, 3.8) is 0 Å². The second kappa shape index (κ2) is 7.09. The van der Waals surface area contributed by atoms with E-state index in [1.165, 1.54) is 6.08 Å². The molecule has 3 aromatic rings. The number of benzene rings is 1. The average molecular weight is 337 g/mol. The molecule has 6 heteroatoms. The second-order valence-corrected chi connectivity index (χ2v) is 5.42. The Morgan fingerprint density at radius 2 is 2.04 bits per heavy atom. The maximum absolute atomic E-state index is 12.3. The number of fused-ring (bicyclic) bond motifs is 1. The third kappa shape index (κ3) is 3.47. The minimum atomic E-state index is -0.229. The summed E-state index contributed by atoms with van der Waals surface area (Å²) in [6, 6.07) is 9.12. The summed E-state index contributed by atoms with van der Waals surface area (Å²) in [7, 11) is 3.18. The van der Waals surface area contributed by atoms with Crippen LogP contribution in [0.15, 0.2) is 48.8 Å². The number of nitrogens with one attached hydrogen (secondary N) is 1. The number of nitrogens with zero attached hydrogens (tertiary/aromatic N) is 2. The molecule has 0 saturated carbocycles. The van der Waals surface area contributed by atoms with Crippen LogP contribution < -0.4 is 14.8 Å². The number of hydrogen-bond acceptors (Lipinski definition) is 4. The van der Waals surface area contributed by atoms with Crippen molar-refractivity contribution in [3.8, 4) is 11.5 Å². The number of ether oxygens (including phenoxy) is 2. The van der Waals surface area contributed by atoms with Crippen molar-refractivity contribution in [1.82, 2.24) is 9.38 Å². The number of pyridine rings is 1. The molecule has 0 spiro atoms. The minimum Gasteiger partial charge on any atom is -0.497 e. The van der Waals surface area contributed by atoms with E-state index in [0.717, 1.165) is 22.6 Å². The standard InChI is InChI=1S/C19H19N3O3/c1-13-16(6-8-18-20-10-11-22(13)18)21-19(23)9-4-14-12-15(24-2)5-7-17(14)25-3/h4-12H,1-3H3,(H,21,23)/b9-4+. The topological polar surface area (TPSA) is 64.9 Å². The van der Waals surface area contributed by atoms with E-state index < -0.39 is 0 Å². The lowest BCUT2D eigenvalue weighted by Gasteiger charge is -2.09. The number of imidazole rings is 1. The van der Waals surface area contributed by atoms with Crippen molar-refractivity contribution in [2.75, 3.05) is 19.5 Å². The van der Waals surface area contributed by atoms with Gasteiger partial charge in [-0.3, -0.25) is 4.79 Å². The van der Waals surface area contributed by atoms with E-state index in [1.54, 1.807) is 38.6 Å². The summed E-state index contributed by atoms with van der Waals surface area (Å²) in [5, 5.41) is 2.88. The van der Waals surface area contributed by atoms with E-state index in [9.17, 15) is 4.79 Å². The molecule has 0 radical (unpaired) electrons. The number of aromatic nitrogens is 2. The van der Waals surface area contributed by atoms with Crippen LogP contribution in [0.25, 0.3) is 11.7 Å². The van der Waals surface area contributed by atoms with Crippen LogP contribution in [0, 0.1) is 6.92 Å². The zero-order valence-corrected chi connectivity index (χ0v) is 14.3. The Labute approximate surface area is 145 Å².